The van der Waals surface area contributed by atoms with Gasteiger partial charge in [-0.1, -0.05) is 40.5 Å². The fourth-order valence-corrected chi connectivity index (χ4v) is 3.85. The summed E-state index contributed by atoms with van der Waals surface area (Å²) in [7, 11) is 3.35. The molecule has 1 saturated heterocycles. The molecule has 1 fully saturated rings. The third-order valence-corrected chi connectivity index (χ3v) is 5.52. The van der Waals surface area contributed by atoms with E-state index in [1.807, 2.05) is 27.1 Å². The van der Waals surface area contributed by atoms with Gasteiger partial charge >= 0.3 is 0 Å². The standard InChI is InChI=1S/C13H21N3.C12H20N4O2.C3H8.C2H2/c1-3-4-12-11(2)15-6-5-13(12)16-9-7-14-8-10-16;1-5-7-10(17)14-9-8-16(3)12(13-6-2)15-11(9)18-4;1-3-2;1-2/h5-6,14H,3-4,7-10H2,1-2H3;8H,5-7H2,1-4H3,(H,14,17);3H2,1-2H3;1-2H. The first-order valence-corrected chi connectivity index (χ1v) is 14.0. The number of amides is 1. The molecule has 0 aliphatic carbocycles. The first kappa shape index (κ1) is 35.6. The molecule has 0 bridgehead atoms. The van der Waals surface area contributed by atoms with Gasteiger partial charge in [-0.05, 0) is 38.3 Å². The van der Waals surface area contributed by atoms with Crippen LogP contribution in [0.4, 0.5) is 11.4 Å². The Labute approximate surface area is 236 Å². The zero-order valence-corrected chi connectivity index (χ0v) is 25.5. The van der Waals surface area contributed by atoms with Crippen LogP contribution in [0.5, 0.6) is 5.88 Å². The molecule has 0 radical (unpaired) electrons. The van der Waals surface area contributed by atoms with Crippen LogP contribution in [0.2, 0.25) is 0 Å². The molecule has 3 rings (SSSR count). The number of carbonyl (C=O) groups is 1. The van der Waals surface area contributed by atoms with Crippen LogP contribution in [0.15, 0.2) is 23.5 Å². The minimum absolute atomic E-state index is 0.0437. The van der Waals surface area contributed by atoms with E-state index in [1.54, 1.807) is 10.8 Å². The van der Waals surface area contributed by atoms with E-state index in [0.29, 0.717) is 30.2 Å². The van der Waals surface area contributed by atoms with Crippen molar-refractivity contribution in [3.63, 3.8) is 0 Å². The summed E-state index contributed by atoms with van der Waals surface area (Å²) in [4.78, 5) is 27.0. The smallest absolute Gasteiger partial charge is 0.242 e. The second-order valence-corrected chi connectivity index (χ2v) is 8.94. The fourth-order valence-electron chi connectivity index (χ4n) is 3.85. The maximum absolute atomic E-state index is 11.6. The highest BCUT2D eigenvalue weighted by Gasteiger charge is 2.15. The van der Waals surface area contributed by atoms with Crippen LogP contribution in [0.25, 0.3) is 0 Å². The highest BCUT2D eigenvalue weighted by atomic mass is 16.5. The van der Waals surface area contributed by atoms with Gasteiger partial charge in [0.05, 0.1) is 7.11 Å². The molecule has 3 heterocycles. The number of piperazine rings is 1. The number of hydrogen-bond donors (Lipinski definition) is 2. The first-order chi connectivity index (χ1) is 18.9. The Balaban J connectivity index is 0.000000638. The number of terminal acetylenes is 1. The molecule has 2 N–H and O–H groups in total. The van der Waals surface area contributed by atoms with Crippen molar-refractivity contribution in [3.05, 3.63) is 35.3 Å². The average Bonchev–Trinajstić information content (AvgIpc) is 2.94. The molecule has 9 heteroatoms. The van der Waals surface area contributed by atoms with Gasteiger partial charge in [0.25, 0.3) is 0 Å². The van der Waals surface area contributed by atoms with Crippen LogP contribution in [0, 0.1) is 19.8 Å². The Morgan fingerprint density at radius 2 is 1.79 bits per heavy atom. The van der Waals surface area contributed by atoms with Gasteiger partial charge < -0.3 is 24.8 Å². The monoisotopic (exact) mass is 541 g/mol. The Kier molecular flexibility index (Phi) is 19.7. The molecule has 1 aliphatic rings. The summed E-state index contributed by atoms with van der Waals surface area (Å²) < 4.78 is 6.92. The van der Waals surface area contributed by atoms with Gasteiger partial charge in [-0.3, -0.25) is 14.8 Å². The molecular formula is C30H51N7O2. The minimum Gasteiger partial charge on any atom is -0.479 e. The maximum atomic E-state index is 11.6. The largest absolute Gasteiger partial charge is 0.479 e. The van der Waals surface area contributed by atoms with Crippen LogP contribution in [-0.4, -0.2) is 60.3 Å². The molecule has 0 aromatic carbocycles. The molecule has 1 amide bonds. The lowest BCUT2D eigenvalue weighted by atomic mass is 10.1. The van der Waals surface area contributed by atoms with Crippen molar-refractivity contribution in [1.29, 1.82) is 0 Å². The van der Waals surface area contributed by atoms with Gasteiger partial charge in [-0.25, -0.2) is 0 Å². The predicted octanol–water partition coefficient (Wildman–Crippen LogP) is 4.51. The van der Waals surface area contributed by atoms with E-state index in [2.05, 4.69) is 77.1 Å². The normalized spacial score (nSPS) is 12.6. The molecule has 218 valence electrons. The Hall–Kier alpha value is -3.38. The lowest BCUT2D eigenvalue weighted by molar-refractivity contribution is -0.116. The number of carbonyl (C=O) groups excluding carboxylic acids is 1. The number of methoxy groups -OCH3 is 1. The molecule has 39 heavy (non-hydrogen) atoms. The van der Waals surface area contributed by atoms with Crippen molar-refractivity contribution in [1.82, 2.24) is 19.9 Å². The minimum atomic E-state index is -0.0437. The zero-order valence-electron chi connectivity index (χ0n) is 25.5. The van der Waals surface area contributed by atoms with E-state index >= 15 is 0 Å². The van der Waals surface area contributed by atoms with Gasteiger partial charge in [0.15, 0.2) is 0 Å². The van der Waals surface area contributed by atoms with Crippen molar-refractivity contribution in [2.45, 2.75) is 73.6 Å². The third kappa shape index (κ3) is 12.8. The van der Waals surface area contributed by atoms with Gasteiger partial charge in [-0.2, -0.15) is 4.98 Å². The molecule has 0 spiro atoms. The summed E-state index contributed by atoms with van der Waals surface area (Å²) in [5, 5.41) is 6.18. The van der Waals surface area contributed by atoms with E-state index in [-0.39, 0.29) is 5.91 Å². The number of nitrogens with one attached hydrogen (secondary N) is 2. The van der Waals surface area contributed by atoms with Crippen LogP contribution in [-0.2, 0) is 18.3 Å². The van der Waals surface area contributed by atoms with Crippen molar-refractivity contribution >= 4 is 17.3 Å². The van der Waals surface area contributed by atoms with E-state index in [4.69, 9.17) is 4.74 Å². The van der Waals surface area contributed by atoms with Crippen LogP contribution in [0.3, 0.4) is 0 Å². The van der Waals surface area contributed by atoms with Gasteiger partial charge in [0.1, 0.15) is 5.69 Å². The van der Waals surface area contributed by atoms with E-state index < -0.39 is 0 Å². The topological polar surface area (TPSA) is 96.7 Å². The Bertz CT molecular complexity index is 1040. The second kappa shape index (κ2) is 21.5. The van der Waals surface area contributed by atoms with E-state index in [1.165, 1.54) is 36.9 Å². The van der Waals surface area contributed by atoms with Crippen LogP contribution < -0.4 is 25.9 Å². The number of pyridine rings is 1. The summed E-state index contributed by atoms with van der Waals surface area (Å²) in [5.74, 6) is 0.336. The van der Waals surface area contributed by atoms with Crippen LogP contribution in [0.1, 0.15) is 71.6 Å². The molecule has 2 aromatic rings. The lowest BCUT2D eigenvalue weighted by Gasteiger charge is -2.31. The number of ether oxygens (including phenoxy) is 1. The number of aryl methyl sites for hydroxylation is 2. The Morgan fingerprint density at radius 3 is 2.33 bits per heavy atom. The number of aromatic nitrogens is 3. The maximum Gasteiger partial charge on any atom is 0.242 e. The Morgan fingerprint density at radius 1 is 1.15 bits per heavy atom. The molecule has 0 unspecified atom stereocenters. The van der Waals surface area contributed by atoms with E-state index in [0.717, 1.165) is 39.0 Å². The highest BCUT2D eigenvalue weighted by Crippen LogP contribution is 2.24. The number of hydrogen-bond acceptors (Lipinski definition) is 7. The second-order valence-electron chi connectivity index (χ2n) is 8.94. The predicted molar refractivity (Wildman–Crippen MR) is 163 cm³/mol. The quantitative estimate of drug-likeness (QED) is 0.478. The van der Waals surface area contributed by atoms with Crippen molar-refractivity contribution in [3.8, 4) is 18.7 Å². The molecule has 2 aromatic heterocycles. The SMILES string of the molecule is C#C.CCC.CCCC(=O)Nc1cn(C)c(=NCC)nc1OC.CCCc1c(N2CCNCC2)ccnc1C. The fraction of sp³-hybridized carbons (Fsp3) is 0.600. The zero-order chi connectivity index (χ0) is 29.6. The summed E-state index contributed by atoms with van der Waals surface area (Å²) in [6.07, 6.45) is 16.6. The van der Waals surface area contributed by atoms with Crippen molar-refractivity contribution in [2.75, 3.05) is 50.1 Å². The highest BCUT2D eigenvalue weighted by molar-refractivity contribution is 5.91. The number of rotatable bonds is 8. The number of nitrogens with zero attached hydrogens (tertiary/aromatic N) is 5. The van der Waals surface area contributed by atoms with Gasteiger partial charge in [-0.15, -0.1) is 12.8 Å². The van der Waals surface area contributed by atoms with Gasteiger partial charge in [0, 0.05) is 70.0 Å². The molecule has 0 saturated carbocycles. The lowest BCUT2D eigenvalue weighted by Crippen LogP contribution is -2.44. The van der Waals surface area contributed by atoms with Crippen molar-refractivity contribution < 1.29 is 9.53 Å². The summed E-state index contributed by atoms with van der Waals surface area (Å²) >= 11 is 0. The van der Waals surface area contributed by atoms with Crippen LogP contribution >= 0.6 is 0 Å². The van der Waals surface area contributed by atoms with Gasteiger partial charge in [0.2, 0.25) is 17.4 Å². The van der Waals surface area contributed by atoms with E-state index in [9.17, 15) is 4.79 Å². The summed E-state index contributed by atoms with van der Waals surface area (Å²) in [6.45, 7) is 17.5. The molecule has 9 nitrogen and oxygen atoms in total. The third-order valence-electron chi connectivity index (χ3n) is 5.52. The molecule has 0 atom stereocenters. The summed E-state index contributed by atoms with van der Waals surface area (Å²) in [5.41, 5.74) is 5.16. The molecule has 1 aliphatic heterocycles. The van der Waals surface area contributed by atoms with Crippen molar-refractivity contribution in [2.24, 2.45) is 12.0 Å². The first-order valence-electron chi connectivity index (χ1n) is 14.0. The molecular weight excluding hydrogens is 490 g/mol. The number of anilines is 2. The average molecular weight is 542 g/mol. The summed E-state index contributed by atoms with van der Waals surface area (Å²) in [6, 6.07) is 2.17.